The van der Waals surface area contributed by atoms with Crippen LogP contribution in [0.15, 0.2) is 53.7 Å². The molecule has 1 aromatic heterocycles. The fourth-order valence-electron chi connectivity index (χ4n) is 2.68. The van der Waals surface area contributed by atoms with Gasteiger partial charge in [0.15, 0.2) is 11.0 Å². The van der Waals surface area contributed by atoms with Gasteiger partial charge in [0.2, 0.25) is 5.91 Å². The van der Waals surface area contributed by atoms with E-state index in [1.807, 2.05) is 11.5 Å². The lowest BCUT2D eigenvalue weighted by Crippen LogP contribution is -2.16. The SMILES string of the molecule is CCn1c(CNc2ccc(F)cc2)nnc1SCC(=O)Nc1ccccc1[N+](=O)[O-]. The number of hydrogen-bond donors (Lipinski definition) is 2. The van der Waals surface area contributed by atoms with Gasteiger partial charge >= 0.3 is 0 Å². The number of carbonyl (C=O) groups excluding carboxylic acids is 1. The third-order valence-electron chi connectivity index (χ3n) is 4.11. The smallest absolute Gasteiger partial charge is 0.292 e. The van der Waals surface area contributed by atoms with E-state index in [2.05, 4.69) is 20.8 Å². The maximum atomic E-state index is 13.0. The highest BCUT2D eigenvalue weighted by atomic mass is 32.2. The number of para-hydroxylation sites is 2. The average Bonchev–Trinajstić information content (AvgIpc) is 3.14. The standard InChI is InChI=1S/C19H19FN6O3S/c1-2-25-17(11-21-14-9-7-13(20)8-10-14)23-24-19(25)30-12-18(27)22-15-5-3-4-6-16(15)26(28)29/h3-10,21H,2,11-12H2,1H3,(H,22,27). The summed E-state index contributed by atoms with van der Waals surface area (Å²) in [4.78, 5) is 22.8. The average molecular weight is 430 g/mol. The molecule has 0 bridgehead atoms. The molecular formula is C19H19FN6O3S. The lowest BCUT2D eigenvalue weighted by atomic mass is 10.2. The van der Waals surface area contributed by atoms with E-state index in [4.69, 9.17) is 0 Å². The highest BCUT2D eigenvalue weighted by Gasteiger charge is 2.17. The summed E-state index contributed by atoms with van der Waals surface area (Å²) >= 11 is 1.19. The first-order valence-electron chi connectivity index (χ1n) is 9.05. The largest absolute Gasteiger partial charge is 0.378 e. The van der Waals surface area contributed by atoms with Crippen molar-refractivity contribution >= 4 is 34.7 Å². The summed E-state index contributed by atoms with van der Waals surface area (Å²) in [5.41, 5.74) is 0.732. The van der Waals surface area contributed by atoms with Crippen LogP contribution in [0.25, 0.3) is 0 Å². The Morgan fingerprint density at radius 2 is 1.93 bits per heavy atom. The minimum atomic E-state index is -0.545. The van der Waals surface area contributed by atoms with Gasteiger partial charge in [-0.15, -0.1) is 10.2 Å². The number of anilines is 2. The van der Waals surface area contributed by atoms with Crippen molar-refractivity contribution < 1.29 is 14.1 Å². The number of hydrogen-bond acceptors (Lipinski definition) is 7. The van der Waals surface area contributed by atoms with Gasteiger partial charge in [0.1, 0.15) is 11.5 Å². The van der Waals surface area contributed by atoms with Crippen LogP contribution >= 0.6 is 11.8 Å². The van der Waals surface area contributed by atoms with E-state index >= 15 is 0 Å². The van der Waals surface area contributed by atoms with Crippen LogP contribution < -0.4 is 10.6 Å². The molecule has 0 saturated carbocycles. The van der Waals surface area contributed by atoms with Gasteiger partial charge in [-0.3, -0.25) is 14.9 Å². The Morgan fingerprint density at radius 1 is 1.20 bits per heavy atom. The Bertz CT molecular complexity index is 1040. The Balaban J connectivity index is 1.60. The first-order valence-corrected chi connectivity index (χ1v) is 10.0. The van der Waals surface area contributed by atoms with Gasteiger partial charge in [-0.05, 0) is 37.3 Å². The number of nitro groups is 1. The summed E-state index contributed by atoms with van der Waals surface area (Å²) in [6, 6.07) is 12.0. The predicted molar refractivity (Wildman–Crippen MR) is 112 cm³/mol. The van der Waals surface area contributed by atoms with Crippen molar-refractivity contribution in [3.05, 3.63) is 70.3 Å². The Morgan fingerprint density at radius 3 is 2.63 bits per heavy atom. The molecule has 2 N–H and O–H groups in total. The fourth-order valence-corrected chi connectivity index (χ4v) is 3.50. The summed E-state index contributed by atoms with van der Waals surface area (Å²) in [5, 5.41) is 25.6. The number of nitrogens with one attached hydrogen (secondary N) is 2. The molecule has 3 rings (SSSR count). The van der Waals surface area contributed by atoms with Crippen molar-refractivity contribution in [1.82, 2.24) is 14.8 Å². The molecule has 0 unspecified atom stereocenters. The first-order chi connectivity index (χ1) is 14.5. The second kappa shape index (κ2) is 9.83. The second-order valence-electron chi connectivity index (χ2n) is 6.11. The molecule has 3 aromatic rings. The molecular weight excluding hydrogens is 411 g/mol. The van der Waals surface area contributed by atoms with E-state index in [1.165, 1.54) is 42.1 Å². The summed E-state index contributed by atoms with van der Waals surface area (Å²) in [7, 11) is 0. The fraction of sp³-hybridized carbons (Fsp3) is 0.211. The number of nitrogens with zero attached hydrogens (tertiary/aromatic N) is 4. The lowest BCUT2D eigenvalue weighted by Gasteiger charge is -2.09. The highest BCUT2D eigenvalue weighted by molar-refractivity contribution is 7.99. The molecule has 0 aliphatic heterocycles. The number of thioether (sulfide) groups is 1. The molecule has 156 valence electrons. The van der Waals surface area contributed by atoms with Gasteiger partial charge in [0, 0.05) is 18.3 Å². The van der Waals surface area contributed by atoms with Crippen LogP contribution in [0.1, 0.15) is 12.7 Å². The Kier molecular flexibility index (Phi) is 6.96. The molecule has 0 aliphatic rings. The van der Waals surface area contributed by atoms with Crippen molar-refractivity contribution in [2.24, 2.45) is 0 Å². The second-order valence-corrected chi connectivity index (χ2v) is 7.06. The first kappa shape index (κ1) is 21.2. The van der Waals surface area contributed by atoms with Gasteiger partial charge in [-0.2, -0.15) is 0 Å². The van der Waals surface area contributed by atoms with Crippen molar-refractivity contribution in [1.29, 1.82) is 0 Å². The van der Waals surface area contributed by atoms with Crippen LogP contribution in [0.5, 0.6) is 0 Å². The van der Waals surface area contributed by atoms with Crippen LogP contribution in [-0.4, -0.2) is 31.3 Å². The molecule has 11 heteroatoms. The van der Waals surface area contributed by atoms with Crippen LogP contribution in [0.4, 0.5) is 21.5 Å². The van der Waals surface area contributed by atoms with E-state index in [1.54, 1.807) is 18.2 Å². The van der Waals surface area contributed by atoms with Crippen molar-refractivity contribution in [2.75, 3.05) is 16.4 Å². The molecule has 0 aliphatic carbocycles. The van der Waals surface area contributed by atoms with Crippen molar-refractivity contribution in [3.8, 4) is 0 Å². The van der Waals surface area contributed by atoms with E-state index in [9.17, 15) is 19.3 Å². The summed E-state index contributed by atoms with van der Waals surface area (Å²) in [6.45, 7) is 2.92. The zero-order valence-electron chi connectivity index (χ0n) is 16.0. The molecule has 9 nitrogen and oxygen atoms in total. The molecule has 1 amide bonds. The third kappa shape index (κ3) is 5.32. The molecule has 0 atom stereocenters. The number of benzene rings is 2. The Labute approximate surface area is 175 Å². The van der Waals surface area contributed by atoms with Crippen molar-refractivity contribution in [3.63, 3.8) is 0 Å². The number of rotatable bonds is 9. The van der Waals surface area contributed by atoms with E-state index < -0.39 is 4.92 Å². The molecule has 0 spiro atoms. The van der Waals surface area contributed by atoms with E-state index in [-0.39, 0.29) is 28.9 Å². The molecule has 0 fully saturated rings. The molecule has 0 saturated heterocycles. The molecule has 2 aromatic carbocycles. The summed E-state index contributed by atoms with van der Waals surface area (Å²) in [5.74, 6) is -0.000278. The minimum absolute atomic E-state index is 0.0234. The van der Waals surface area contributed by atoms with E-state index in [0.29, 0.717) is 24.1 Å². The third-order valence-corrected chi connectivity index (χ3v) is 5.08. The Hall–Kier alpha value is -3.47. The van der Waals surface area contributed by atoms with Gasteiger partial charge in [0.05, 0.1) is 17.2 Å². The van der Waals surface area contributed by atoms with Gasteiger partial charge in [0.25, 0.3) is 5.69 Å². The normalized spacial score (nSPS) is 10.6. The predicted octanol–water partition coefficient (Wildman–Crippen LogP) is 3.69. The summed E-state index contributed by atoms with van der Waals surface area (Å²) < 4.78 is 14.9. The number of carbonyl (C=O) groups is 1. The number of aromatic nitrogens is 3. The quantitative estimate of drug-likeness (QED) is 0.302. The molecule has 1 heterocycles. The van der Waals surface area contributed by atoms with Gasteiger partial charge < -0.3 is 15.2 Å². The van der Waals surface area contributed by atoms with Crippen LogP contribution in [0.3, 0.4) is 0 Å². The van der Waals surface area contributed by atoms with Crippen molar-refractivity contribution in [2.45, 2.75) is 25.2 Å². The van der Waals surface area contributed by atoms with Crippen LogP contribution in [0.2, 0.25) is 0 Å². The number of halogens is 1. The zero-order chi connectivity index (χ0) is 21.5. The summed E-state index contributed by atoms with van der Waals surface area (Å²) in [6.07, 6.45) is 0. The minimum Gasteiger partial charge on any atom is -0.378 e. The van der Waals surface area contributed by atoms with Gasteiger partial charge in [-0.25, -0.2) is 4.39 Å². The van der Waals surface area contributed by atoms with Crippen LogP contribution in [-0.2, 0) is 17.9 Å². The van der Waals surface area contributed by atoms with Gasteiger partial charge in [-0.1, -0.05) is 23.9 Å². The zero-order valence-corrected chi connectivity index (χ0v) is 16.9. The number of nitro benzene ring substituents is 1. The highest BCUT2D eigenvalue weighted by Crippen LogP contribution is 2.24. The maximum absolute atomic E-state index is 13.0. The molecule has 0 radical (unpaired) electrons. The monoisotopic (exact) mass is 430 g/mol. The van der Waals surface area contributed by atoms with E-state index in [0.717, 1.165) is 5.69 Å². The molecule has 30 heavy (non-hydrogen) atoms. The lowest BCUT2D eigenvalue weighted by molar-refractivity contribution is -0.383. The van der Waals surface area contributed by atoms with Crippen LogP contribution in [0, 0.1) is 15.9 Å². The topological polar surface area (TPSA) is 115 Å². The number of amides is 1. The maximum Gasteiger partial charge on any atom is 0.292 e.